The second-order valence-electron chi connectivity index (χ2n) is 5.19. The highest BCUT2D eigenvalue weighted by Gasteiger charge is 2.37. The second-order valence-corrected chi connectivity index (χ2v) is 5.19. The van der Waals surface area contributed by atoms with Crippen molar-refractivity contribution in [2.24, 2.45) is 5.73 Å². The fourth-order valence-electron chi connectivity index (χ4n) is 1.50. The Bertz CT molecular complexity index is 406. The number of hydrogen-bond donors (Lipinski definition) is 1. The van der Waals surface area contributed by atoms with E-state index in [4.69, 9.17) is 10.5 Å². The molecule has 2 rings (SSSR count). The van der Waals surface area contributed by atoms with Crippen LogP contribution in [0.2, 0.25) is 0 Å². The van der Waals surface area contributed by atoms with Gasteiger partial charge < -0.3 is 10.5 Å². The molecule has 1 aliphatic rings. The zero-order valence-corrected chi connectivity index (χ0v) is 9.80. The van der Waals surface area contributed by atoms with E-state index in [-0.39, 0.29) is 6.04 Å². The van der Waals surface area contributed by atoms with Gasteiger partial charge in [-0.2, -0.15) is 0 Å². The van der Waals surface area contributed by atoms with Crippen LogP contribution in [0.25, 0.3) is 0 Å². The van der Waals surface area contributed by atoms with Gasteiger partial charge in [-0.15, -0.1) is 0 Å². The van der Waals surface area contributed by atoms with Crippen LogP contribution in [0.15, 0.2) is 12.5 Å². The van der Waals surface area contributed by atoms with Crippen molar-refractivity contribution in [2.45, 2.75) is 44.8 Å². The molecule has 1 aromatic heterocycles. The zero-order chi connectivity index (χ0) is 11.9. The summed E-state index contributed by atoms with van der Waals surface area (Å²) in [4.78, 5) is 15.8. The van der Waals surface area contributed by atoms with Crippen molar-refractivity contribution in [3.8, 4) is 0 Å². The van der Waals surface area contributed by atoms with E-state index in [1.165, 1.54) is 10.9 Å². The first kappa shape index (κ1) is 11.1. The van der Waals surface area contributed by atoms with Gasteiger partial charge in [0.25, 0.3) is 0 Å². The molecule has 0 aliphatic heterocycles. The Morgan fingerprint density at radius 1 is 1.62 bits per heavy atom. The summed E-state index contributed by atoms with van der Waals surface area (Å²) in [6.07, 6.45) is 3.73. The maximum Gasteiger partial charge on any atom is 0.419 e. The first-order valence-electron chi connectivity index (χ1n) is 5.39. The molecule has 0 radical (unpaired) electrons. The lowest BCUT2D eigenvalue weighted by molar-refractivity contribution is 0.0536. The number of rotatable bonds is 1. The summed E-state index contributed by atoms with van der Waals surface area (Å²) in [6, 6.07) is 0.196. The number of carbonyl (C=O) groups is 1. The third kappa shape index (κ3) is 2.41. The van der Waals surface area contributed by atoms with E-state index in [1.54, 1.807) is 6.20 Å². The molecular weight excluding hydrogens is 206 g/mol. The summed E-state index contributed by atoms with van der Waals surface area (Å²) in [5.74, 6) is 0.309. The van der Waals surface area contributed by atoms with Gasteiger partial charge in [-0.1, -0.05) is 0 Å². The number of nitrogens with two attached hydrogens (primary N) is 1. The molecule has 2 N–H and O–H groups in total. The second kappa shape index (κ2) is 3.59. The van der Waals surface area contributed by atoms with Gasteiger partial charge >= 0.3 is 6.09 Å². The first-order chi connectivity index (χ1) is 7.37. The molecule has 0 saturated heterocycles. The van der Waals surface area contributed by atoms with Crippen LogP contribution in [0.1, 0.15) is 38.8 Å². The van der Waals surface area contributed by atoms with Crippen molar-refractivity contribution < 1.29 is 9.53 Å². The van der Waals surface area contributed by atoms with E-state index in [0.29, 0.717) is 5.92 Å². The Labute approximate surface area is 94.6 Å². The van der Waals surface area contributed by atoms with Gasteiger partial charge in [-0.25, -0.2) is 14.3 Å². The molecule has 2 atom stereocenters. The molecule has 5 nitrogen and oxygen atoms in total. The van der Waals surface area contributed by atoms with Crippen molar-refractivity contribution in [2.75, 3.05) is 0 Å². The van der Waals surface area contributed by atoms with Gasteiger partial charge in [0.2, 0.25) is 0 Å². The van der Waals surface area contributed by atoms with E-state index < -0.39 is 11.7 Å². The van der Waals surface area contributed by atoms with Crippen LogP contribution >= 0.6 is 0 Å². The van der Waals surface area contributed by atoms with E-state index >= 15 is 0 Å². The number of aromatic nitrogens is 2. The minimum absolute atomic E-state index is 0.196. The van der Waals surface area contributed by atoms with E-state index in [0.717, 1.165) is 12.1 Å². The number of ether oxygens (including phenoxy) is 1. The monoisotopic (exact) mass is 223 g/mol. The summed E-state index contributed by atoms with van der Waals surface area (Å²) < 4.78 is 6.58. The third-order valence-electron chi connectivity index (χ3n) is 2.43. The predicted molar refractivity (Wildman–Crippen MR) is 59.2 cm³/mol. The van der Waals surface area contributed by atoms with Crippen molar-refractivity contribution in [1.82, 2.24) is 9.55 Å². The zero-order valence-electron chi connectivity index (χ0n) is 9.80. The summed E-state index contributed by atoms with van der Waals surface area (Å²) in [5.41, 5.74) is 6.11. The molecule has 1 saturated carbocycles. The number of hydrogen-bond acceptors (Lipinski definition) is 4. The Kier molecular flexibility index (Phi) is 2.50. The number of imidazole rings is 1. The Hall–Kier alpha value is -1.36. The third-order valence-corrected chi connectivity index (χ3v) is 2.43. The summed E-state index contributed by atoms with van der Waals surface area (Å²) in [5, 5.41) is 0. The fraction of sp³-hybridized carbons (Fsp3) is 0.636. The summed E-state index contributed by atoms with van der Waals surface area (Å²) in [6.45, 7) is 5.50. The maximum atomic E-state index is 11.7. The topological polar surface area (TPSA) is 70.1 Å². The molecule has 0 spiro atoms. The predicted octanol–water partition coefficient (Wildman–Crippen LogP) is 1.48. The molecule has 0 aromatic carbocycles. The molecule has 2 unspecified atom stereocenters. The van der Waals surface area contributed by atoms with Gasteiger partial charge in [0.15, 0.2) is 0 Å². The van der Waals surface area contributed by atoms with Crippen LogP contribution in [-0.4, -0.2) is 27.3 Å². The quantitative estimate of drug-likeness (QED) is 0.782. The van der Waals surface area contributed by atoms with Crippen LogP contribution < -0.4 is 5.73 Å². The molecular formula is C11H17N3O2. The standard InChI is InChI=1S/C11H17N3O2/c1-11(2,3)16-10(15)14-5-9(13-6-14)7-4-8(7)12/h5-8H,4,12H2,1-3H3. The van der Waals surface area contributed by atoms with Gasteiger partial charge in [-0.3, -0.25) is 0 Å². The van der Waals surface area contributed by atoms with Crippen molar-refractivity contribution in [3.05, 3.63) is 18.2 Å². The van der Waals surface area contributed by atoms with Crippen LogP contribution in [0.3, 0.4) is 0 Å². The lowest BCUT2D eigenvalue weighted by atomic mass is 10.2. The molecule has 0 bridgehead atoms. The summed E-state index contributed by atoms with van der Waals surface area (Å²) >= 11 is 0. The molecule has 16 heavy (non-hydrogen) atoms. The van der Waals surface area contributed by atoms with Crippen LogP contribution in [0, 0.1) is 0 Å². The Morgan fingerprint density at radius 2 is 2.25 bits per heavy atom. The fourth-order valence-corrected chi connectivity index (χ4v) is 1.50. The molecule has 0 amide bonds. The Balaban J connectivity index is 2.04. The molecule has 1 aromatic rings. The number of nitrogens with zero attached hydrogens (tertiary/aromatic N) is 2. The molecule has 1 fully saturated rings. The van der Waals surface area contributed by atoms with Crippen LogP contribution in [0.4, 0.5) is 4.79 Å². The normalized spacial score (nSPS) is 24.2. The van der Waals surface area contributed by atoms with Gasteiger partial charge in [-0.05, 0) is 27.2 Å². The SMILES string of the molecule is CC(C)(C)OC(=O)n1cnc(C2CC2N)c1. The molecule has 1 heterocycles. The Morgan fingerprint density at radius 3 is 2.75 bits per heavy atom. The van der Waals surface area contributed by atoms with Crippen molar-refractivity contribution >= 4 is 6.09 Å². The smallest absolute Gasteiger partial charge is 0.419 e. The van der Waals surface area contributed by atoms with E-state index in [1.807, 2.05) is 20.8 Å². The van der Waals surface area contributed by atoms with Gasteiger partial charge in [0, 0.05) is 18.2 Å². The van der Waals surface area contributed by atoms with Crippen molar-refractivity contribution in [1.29, 1.82) is 0 Å². The largest absolute Gasteiger partial charge is 0.443 e. The van der Waals surface area contributed by atoms with Gasteiger partial charge in [0.05, 0.1) is 5.69 Å². The van der Waals surface area contributed by atoms with E-state index in [2.05, 4.69) is 4.98 Å². The van der Waals surface area contributed by atoms with Crippen LogP contribution in [-0.2, 0) is 4.74 Å². The molecule has 88 valence electrons. The lowest BCUT2D eigenvalue weighted by Gasteiger charge is -2.19. The lowest BCUT2D eigenvalue weighted by Crippen LogP contribution is -2.26. The van der Waals surface area contributed by atoms with Crippen molar-refractivity contribution in [3.63, 3.8) is 0 Å². The highest BCUT2D eigenvalue weighted by molar-refractivity contribution is 5.70. The molecule has 5 heteroatoms. The van der Waals surface area contributed by atoms with Gasteiger partial charge in [0.1, 0.15) is 11.9 Å². The molecule has 1 aliphatic carbocycles. The number of carbonyl (C=O) groups excluding carboxylic acids is 1. The minimum atomic E-state index is -0.489. The highest BCUT2D eigenvalue weighted by Crippen LogP contribution is 2.37. The summed E-state index contributed by atoms with van der Waals surface area (Å²) in [7, 11) is 0. The average molecular weight is 223 g/mol. The minimum Gasteiger partial charge on any atom is -0.443 e. The average Bonchev–Trinajstić information content (AvgIpc) is 2.69. The van der Waals surface area contributed by atoms with Crippen LogP contribution in [0.5, 0.6) is 0 Å². The maximum absolute atomic E-state index is 11.7. The highest BCUT2D eigenvalue weighted by atomic mass is 16.6. The van der Waals surface area contributed by atoms with E-state index in [9.17, 15) is 4.79 Å². The first-order valence-corrected chi connectivity index (χ1v) is 5.39.